The van der Waals surface area contributed by atoms with E-state index in [9.17, 15) is 4.79 Å². The van der Waals surface area contributed by atoms with Crippen LogP contribution in [0.25, 0.3) is 32.8 Å². The highest BCUT2D eigenvalue weighted by Crippen LogP contribution is 2.41. The fourth-order valence-corrected chi connectivity index (χ4v) is 7.18. The predicted molar refractivity (Wildman–Crippen MR) is 189 cm³/mol. The molecule has 0 saturated heterocycles. The maximum Gasteiger partial charge on any atom is 0.347 e. The molecule has 8 heteroatoms. The normalized spacial score (nSPS) is 14.2. The third kappa shape index (κ3) is 5.69. The fraction of sp³-hybridized carbons (Fsp3) is 0.316. The van der Waals surface area contributed by atoms with Crippen LogP contribution in [0.1, 0.15) is 47.6 Å². The maximum absolute atomic E-state index is 13.6. The van der Waals surface area contributed by atoms with Crippen LogP contribution in [0.4, 0.5) is 11.4 Å². The number of aliphatic imine (C=N–C) groups is 1. The Morgan fingerprint density at radius 1 is 0.935 bits per heavy atom. The number of H-pyrrole nitrogens is 2. The lowest BCUT2D eigenvalue weighted by atomic mass is 9.89. The summed E-state index contributed by atoms with van der Waals surface area (Å²) in [5.41, 5.74) is 10.4. The summed E-state index contributed by atoms with van der Waals surface area (Å²) in [6.45, 7) is 5.35. The van der Waals surface area contributed by atoms with Crippen molar-refractivity contribution in [3.63, 3.8) is 0 Å². The van der Waals surface area contributed by atoms with Crippen molar-refractivity contribution in [3.05, 3.63) is 105 Å². The summed E-state index contributed by atoms with van der Waals surface area (Å²) in [6.07, 6.45) is 11.7. The van der Waals surface area contributed by atoms with Crippen LogP contribution < -0.4 is 15.8 Å². The molecule has 5 heterocycles. The topological polar surface area (TPSA) is 110 Å². The van der Waals surface area contributed by atoms with Crippen LogP contribution >= 0.6 is 0 Å². The highest BCUT2D eigenvalue weighted by atomic mass is 16.4. The Morgan fingerprint density at radius 2 is 1.59 bits per heavy atom. The van der Waals surface area contributed by atoms with Gasteiger partial charge in [-0.3, -0.25) is 4.99 Å². The van der Waals surface area contributed by atoms with Gasteiger partial charge in [0.05, 0.1) is 5.69 Å². The van der Waals surface area contributed by atoms with Gasteiger partial charge in [0.1, 0.15) is 11.1 Å². The Kier molecular flexibility index (Phi) is 8.62. The van der Waals surface area contributed by atoms with E-state index < -0.39 is 0 Å². The van der Waals surface area contributed by atoms with Crippen molar-refractivity contribution in [2.75, 3.05) is 43.0 Å². The summed E-state index contributed by atoms with van der Waals surface area (Å²) in [5.74, 6) is 0. The number of aliphatic hydroxyl groups excluding tert-OH is 1. The maximum atomic E-state index is 13.6. The Hall–Kier alpha value is -4.82. The number of hydrogen-bond donors (Lipinski definition) is 4. The minimum absolute atomic E-state index is 0.250. The molecule has 0 unspecified atom stereocenters. The van der Waals surface area contributed by atoms with Gasteiger partial charge in [-0.15, -0.1) is 0 Å². The van der Waals surface area contributed by atoms with Crippen LogP contribution in [-0.4, -0.2) is 54.1 Å². The lowest BCUT2D eigenvalue weighted by molar-refractivity contribution is 0.318. The van der Waals surface area contributed by atoms with Crippen LogP contribution in [0.2, 0.25) is 0 Å². The number of nitrogens with one attached hydrogen (secondary N) is 3. The first-order valence-corrected chi connectivity index (χ1v) is 16.5. The number of aromatic nitrogens is 2. The number of aromatic amines is 2. The molecule has 0 spiro atoms. The molecular formula is C38H41N5O3. The highest BCUT2D eigenvalue weighted by molar-refractivity contribution is 6.03. The molecule has 4 N–H and O–H groups in total. The molecule has 3 aromatic carbocycles. The third-order valence-corrected chi connectivity index (χ3v) is 9.20. The lowest BCUT2D eigenvalue weighted by Crippen LogP contribution is -2.34. The zero-order valence-electron chi connectivity index (χ0n) is 26.4. The molecule has 0 saturated carbocycles. The minimum atomic E-state index is -0.331. The van der Waals surface area contributed by atoms with Crippen molar-refractivity contribution >= 4 is 50.4 Å². The Balaban J connectivity index is 0.00000109. The summed E-state index contributed by atoms with van der Waals surface area (Å²) < 4.78 is 6.15. The summed E-state index contributed by atoms with van der Waals surface area (Å²) in [6, 6.07) is 19.0. The average molecular weight is 616 g/mol. The molecule has 2 aliphatic rings. The molecule has 0 radical (unpaired) electrons. The van der Waals surface area contributed by atoms with Crippen molar-refractivity contribution in [2.24, 2.45) is 4.99 Å². The van der Waals surface area contributed by atoms with E-state index in [1.54, 1.807) is 13.1 Å². The van der Waals surface area contributed by atoms with Gasteiger partial charge < -0.3 is 29.7 Å². The SMILES string of the molecule is CCO.O=c1oc2c3c4c(cc2c(NCCc2c[nH]c5ccccc25)c1C=NCCc1c[nH]c2ccccc12)CCCN4CCC3. The van der Waals surface area contributed by atoms with Gasteiger partial charge in [-0.25, -0.2) is 4.79 Å². The van der Waals surface area contributed by atoms with E-state index in [-0.39, 0.29) is 12.2 Å². The largest absolute Gasteiger partial charge is 0.422 e. The van der Waals surface area contributed by atoms with E-state index in [0.717, 1.165) is 79.3 Å². The number of anilines is 2. The Labute approximate surface area is 268 Å². The molecule has 0 bridgehead atoms. The smallest absolute Gasteiger partial charge is 0.347 e. The minimum Gasteiger partial charge on any atom is -0.422 e. The molecule has 0 fully saturated rings. The highest BCUT2D eigenvalue weighted by Gasteiger charge is 2.28. The van der Waals surface area contributed by atoms with Crippen LogP contribution in [-0.2, 0) is 25.7 Å². The molecule has 236 valence electrons. The first-order valence-electron chi connectivity index (χ1n) is 16.5. The number of fused-ring (bicyclic) bond motifs is 4. The molecule has 3 aromatic heterocycles. The van der Waals surface area contributed by atoms with Crippen LogP contribution in [0.3, 0.4) is 0 Å². The van der Waals surface area contributed by atoms with Gasteiger partial charge in [-0.1, -0.05) is 36.4 Å². The van der Waals surface area contributed by atoms with Gasteiger partial charge in [-0.2, -0.15) is 0 Å². The van der Waals surface area contributed by atoms with Crippen LogP contribution in [0.15, 0.2) is 81.2 Å². The molecule has 8 nitrogen and oxygen atoms in total. The molecule has 0 atom stereocenters. The van der Waals surface area contributed by atoms with Crippen LogP contribution in [0, 0.1) is 0 Å². The second kappa shape index (κ2) is 13.3. The van der Waals surface area contributed by atoms with E-state index in [1.807, 2.05) is 6.07 Å². The van der Waals surface area contributed by atoms with E-state index in [1.165, 1.54) is 38.7 Å². The molecule has 2 aliphatic heterocycles. The van der Waals surface area contributed by atoms with Crippen molar-refractivity contribution in [1.29, 1.82) is 0 Å². The number of aliphatic hydroxyl groups is 1. The second-order valence-corrected chi connectivity index (χ2v) is 12.1. The molecule has 6 aromatic rings. The number of hydrogen-bond acceptors (Lipinski definition) is 6. The fourth-order valence-electron chi connectivity index (χ4n) is 7.18. The van der Waals surface area contributed by atoms with E-state index >= 15 is 0 Å². The Morgan fingerprint density at radius 3 is 2.30 bits per heavy atom. The third-order valence-electron chi connectivity index (χ3n) is 9.20. The summed E-state index contributed by atoms with van der Waals surface area (Å²) in [4.78, 5) is 27.6. The first-order chi connectivity index (χ1) is 22.7. The number of para-hydroxylation sites is 2. The summed E-state index contributed by atoms with van der Waals surface area (Å²) >= 11 is 0. The first kappa shape index (κ1) is 29.9. The van der Waals surface area contributed by atoms with Gasteiger partial charge in [0, 0.05) is 89.8 Å². The van der Waals surface area contributed by atoms with Gasteiger partial charge in [0.2, 0.25) is 0 Å². The lowest BCUT2D eigenvalue weighted by Gasteiger charge is -2.37. The van der Waals surface area contributed by atoms with Crippen molar-refractivity contribution in [1.82, 2.24) is 9.97 Å². The standard InChI is InChI=1S/C36H35N5O2.C2H6O/c42-36-30(22-37-15-13-24-20-39-31-11-3-1-8-26(24)31)33(38-16-14-25-21-40-32-12-4-2-9-27(25)32)29-19-23-7-5-17-41-18-6-10-28(34(23)41)35(29)43-36;1-2-3/h1-4,8-9,11-12,19-22,38-40H,5-7,10,13-18H2;3H,2H2,1H3. The van der Waals surface area contributed by atoms with Crippen molar-refractivity contribution in [2.45, 2.75) is 45.4 Å². The van der Waals surface area contributed by atoms with E-state index in [2.05, 4.69) is 81.1 Å². The molecule has 8 rings (SSSR count). The monoisotopic (exact) mass is 615 g/mol. The molecule has 46 heavy (non-hydrogen) atoms. The van der Waals surface area contributed by atoms with Crippen molar-refractivity contribution < 1.29 is 9.52 Å². The second-order valence-electron chi connectivity index (χ2n) is 12.1. The van der Waals surface area contributed by atoms with Gasteiger partial charge in [0.25, 0.3) is 0 Å². The molecule has 0 amide bonds. The van der Waals surface area contributed by atoms with E-state index in [4.69, 9.17) is 14.5 Å². The number of aryl methyl sites for hydroxylation is 2. The van der Waals surface area contributed by atoms with Gasteiger partial charge >= 0.3 is 5.63 Å². The quantitative estimate of drug-likeness (QED) is 0.112. The van der Waals surface area contributed by atoms with Crippen molar-refractivity contribution in [3.8, 4) is 0 Å². The number of benzene rings is 3. The van der Waals surface area contributed by atoms with Gasteiger partial charge in [-0.05, 0) is 80.3 Å². The number of nitrogens with zero attached hydrogens (tertiary/aromatic N) is 2. The van der Waals surface area contributed by atoms with E-state index in [0.29, 0.717) is 18.7 Å². The molecule has 0 aliphatic carbocycles. The number of rotatable bonds is 8. The Bertz CT molecular complexity index is 2080. The zero-order valence-corrected chi connectivity index (χ0v) is 26.4. The predicted octanol–water partition coefficient (Wildman–Crippen LogP) is 6.77. The summed E-state index contributed by atoms with van der Waals surface area (Å²) in [7, 11) is 0. The van der Waals surface area contributed by atoms with Crippen LogP contribution in [0.5, 0.6) is 0 Å². The zero-order chi connectivity index (χ0) is 31.5. The summed E-state index contributed by atoms with van der Waals surface area (Å²) in [5, 5.41) is 14.7. The average Bonchev–Trinajstić information content (AvgIpc) is 3.69. The molecular weight excluding hydrogens is 574 g/mol. The van der Waals surface area contributed by atoms with Gasteiger partial charge in [0.15, 0.2) is 0 Å².